The number of nitrogen functional groups attached to an aromatic ring is 1. The number of carbonyl (C=O) groups excluding carboxylic acids is 1. The minimum absolute atomic E-state index is 0.0155. The Labute approximate surface area is 186 Å². The van der Waals surface area contributed by atoms with E-state index in [4.69, 9.17) is 19.3 Å². The van der Waals surface area contributed by atoms with Gasteiger partial charge in [-0.25, -0.2) is 14.2 Å². The molecule has 0 radical (unpaired) electrons. The lowest BCUT2D eigenvalue weighted by molar-refractivity contribution is -0.140. The Morgan fingerprint density at radius 3 is 2.61 bits per heavy atom. The highest BCUT2D eigenvalue weighted by atomic mass is 16.5. The summed E-state index contributed by atoms with van der Waals surface area (Å²) in [7, 11) is 0. The van der Waals surface area contributed by atoms with E-state index in [9.17, 15) is 9.59 Å². The summed E-state index contributed by atoms with van der Waals surface area (Å²) < 4.78 is 18.2. The molecule has 1 aliphatic heterocycles. The number of ether oxygens (including phenoxy) is 1. The first-order chi connectivity index (χ1) is 15.9. The molecule has 0 saturated carbocycles. The molecule has 0 bridgehead atoms. The first-order valence-corrected chi connectivity index (χ1v) is 10.2. The smallest absolute Gasteiger partial charge is 0.362 e. The van der Waals surface area contributed by atoms with Crippen molar-refractivity contribution in [2.45, 2.75) is 25.9 Å². The van der Waals surface area contributed by atoms with E-state index in [1.54, 1.807) is 69.0 Å². The average molecular weight is 445 g/mol. The molecule has 1 atom stereocenters. The molecule has 0 aliphatic carbocycles. The fourth-order valence-electron chi connectivity index (χ4n) is 3.81. The number of fused-ring (bicyclic) bond motifs is 3. The number of anilines is 1. The first-order valence-electron chi connectivity index (χ1n) is 10.2. The molecule has 0 amide bonds. The number of hydrogen-bond donors (Lipinski definition) is 1. The largest absolute Gasteiger partial charge is 0.459 e. The lowest BCUT2D eigenvalue weighted by atomic mass is 9.88. The molecule has 10 nitrogen and oxygen atoms in total. The molecule has 166 valence electrons. The van der Waals surface area contributed by atoms with Gasteiger partial charge in [0, 0.05) is 24.8 Å². The van der Waals surface area contributed by atoms with Crippen molar-refractivity contribution >= 4 is 23.6 Å². The number of carbonyl (C=O) groups is 1. The van der Waals surface area contributed by atoms with Crippen molar-refractivity contribution in [3.8, 4) is 5.88 Å². The Kier molecular flexibility index (Phi) is 4.89. The van der Waals surface area contributed by atoms with Crippen molar-refractivity contribution in [1.29, 1.82) is 0 Å². The van der Waals surface area contributed by atoms with Crippen LogP contribution in [0.3, 0.4) is 0 Å². The van der Waals surface area contributed by atoms with Gasteiger partial charge in [-0.2, -0.15) is 4.98 Å². The van der Waals surface area contributed by atoms with Gasteiger partial charge in [0.25, 0.3) is 6.01 Å². The van der Waals surface area contributed by atoms with Crippen molar-refractivity contribution in [2.75, 3.05) is 5.73 Å². The van der Waals surface area contributed by atoms with Crippen molar-refractivity contribution in [1.82, 2.24) is 19.5 Å². The fourth-order valence-corrected chi connectivity index (χ4v) is 3.81. The summed E-state index contributed by atoms with van der Waals surface area (Å²) >= 11 is 0. The number of esters is 1. The van der Waals surface area contributed by atoms with Gasteiger partial charge in [0.15, 0.2) is 0 Å². The van der Waals surface area contributed by atoms with Crippen LogP contribution in [0.15, 0.2) is 62.7 Å². The molecule has 1 aliphatic rings. The second-order valence-electron chi connectivity index (χ2n) is 7.68. The molecule has 2 N–H and O–H groups in total. The van der Waals surface area contributed by atoms with E-state index in [0.717, 1.165) is 0 Å². The third kappa shape index (κ3) is 3.51. The summed E-state index contributed by atoms with van der Waals surface area (Å²) in [5, 5.41) is 0.120. The predicted molar refractivity (Wildman–Crippen MR) is 117 cm³/mol. The maximum atomic E-state index is 13.3. The minimum Gasteiger partial charge on any atom is -0.459 e. The van der Waals surface area contributed by atoms with Gasteiger partial charge in [0.2, 0.25) is 11.4 Å². The lowest BCUT2D eigenvalue weighted by Crippen LogP contribution is -2.38. The number of rotatable bonds is 4. The number of nitrogens with two attached hydrogens (primary N) is 1. The van der Waals surface area contributed by atoms with E-state index in [0.29, 0.717) is 16.8 Å². The van der Waals surface area contributed by atoms with Crippen LogP contribution >= 0.6 is 0 Å². The van der Waals surface area contributed by atoms with Crippen LogP contribution in [0.25, 0.3) is 17.5 Å². The molecule has 0 unspecified atom stereocenters. The normalized spacial score (nSPS) is 15.4. The third-order valence-electron chi connectivity index (χ3n) is 5.06. The second-order valence-corrected chi connectivity index (χ2v) is 7.68. The quantitative estimate of drug-likeness (QED) is 0.453. The standard InChI is InChI=1S/C23H19N5O5/c1-12(2)31-22(30)17-16(14-6-4-8-26-11-14)18-20(33-23(24)27-18)28-15(21(29)32-19(17)28)9-13-5-3-7-25-10-13/h3-12,16H,1-2H3,(H2,24,27)/b15-9+/t16-/m1/s1. The first kappa shape index (κ1) is 20.4. The molecule has 0 saturated heterocycles. The zero-order valence-electron chi connectivity index (χ0n) is 17.8. The van der Waals surface area contributed by atoms with Crippen LogP contribution in [0.5, 0.6) is 0 Å². The van der Waals surface area contributed by atoms with Crippen molar-refractivity contribution < 1.29 is 18.4 Å². The van der Waals surface area contributed by atoms with Gasteiger partial charge >= 0.3 is 11.6 Å². The zero-order chi connectivity index (χ0) is 23.1. The third-order valence-corrected chi connectivity index (χ3v) is 5.06. The van der Waals surface area contributed by atoms with Gasteiger partial charge in [0.05, 0.1) is 12.0 Å². The van der Waals surface area contributed by atoms with Gasteiger partial charge in [-0.15, -0.1) is 0 Å². The fraction of sp³-hybridized carbons (Fsp3) is 0.174. The topological polar surface area (TPSA) is 139 Å². The highest BCUT2D eigenvalue weighted by Gasteiger charge is 2.40. The average Bonchev–Trinajstić information content (AvgIpc) is 3.32. The van der Waals surface area contributed by atoms with Crippen LogP contribution in [-0.4, -0.2) is 31.6 Å². The summed E-state index contributed by atoms with van der Waals surface area (Å²) in [5.41, 5.74) is 6.95. The number of nitrogens with zero attached hydrogens (tertiary/aromatic N) is 4. The summed E-state index contributed by atoms with van der Waals surface area (Å²) in [4.78, 5) is 38.8. The molecule has 0 spiro atoms. The van der Waals surface area contributed by atoms with Crippen molar-refractivity contribution in [3.63, 3.8) is 0 Å². The lowest BCUT2D eigenvalue weighted by Gasteiger charge is -2.22. The Morgan fingerprint density at radius 2 is 1.94 bits per heavy atom. The van der Waals surface area contributed by atoms with E-state index in [1.165, 1.54) is 4.57 Å². The number of hydrogen-bond acceptors (Lipinski definition) is 9. The van der Waals surface area contributed by atoms with E-state index >= 15 is 0 Å². The second kappa shape index (κ2) is 7.90. The van der Waals surface area contributed by atoms with Gasteiger partial charge in [-0.3, -0.25) is 9.97 Å². The highest BCUT2D eigenvalue weighted by molar-refractivity contribution is 6.12. The van der Waals surface area contributed by atoms with Gasteiger partial charge in [-0.1, -0.05) is 12.1 Å². The van der Waals surface area contributed by atoms with Gasteiger partial charge in [0.1, 0.15) is 16.6 Å². The van der Waals surface area contributed by atoms with Crippen LogP contribution in [-0.2, 0) is 9.53 Å². The Bertz CT molecular complexity index is 1520. The van der Waals surface area contributed by atoms with Crippen LogP contribution in [0.1, 0.15) is 36.6 Å². The van der Waals surface area contributed by atoms with E-state index in [-0.39, 0.29) is 28.4 Å². The number of pyridine rings is 2. The maximum absolute atomic E-state index is 13.3. The summed E-state index contributed by atoms with van der Waals surface area (Å²) in [6.45, 7) is 3.47. The van der Waals surface area contributed by atoms with E-state index in [1.807, 2.05) is 0 Å². The zero-order valence-corrected chi connectivity index (χ0v) is 17.8. The number of aromatic nitrogens is 4. The summed E-state index contributed by atoms with van der Waals surface area (Å²) in [5.74, 6) is -1.24. The minimum atomic E-state index is -0.766. The Balaban J connectivity index is 1.90. The SMILES string of the molecule is CC(C)OC(=O)C1=c2oc(=O)/c(=C\c3cccnc3)n2-c2oc(N)nc2[C@@H]1c1cccnc1. The maximum Gasteiger partial charge on any atom is 0.362 e. The molecule has 0 fully saturated rings. The van der Waals surface area contributed by atoms with Gasteiger partial charge in [-0.05, 0) is 43.2 Å². The molecular weight excluding hydrogens is 426 g/mol. The molecule has 33 heavy (non-hydrogen) atoms. The monoisotopic (exact) mass is 445 g/mol. The van der Waals surface area contributed by atoms with Crippen molar-refractivity contribution in [2.24, 2.45) is 0 Å². The van der Waals surface area contributed by atoms with Crippen LogP contribution in [0.4, 0.5) is 6.01 Å². The van der Waals surface area contributed by atoms with E-state index in [2.05, 4.69) is 15.0 Å². The van der Waals surface area contributed by atoms with Crippen LogP contribution < -0.4 is 22.3 Å². The Morgan fingerprint density at radius 1 is 1.18 bits per heavy atom. The molecule has 10 heteroatoms. The Hall–Kier alpha value is -4.47. The molecule has 0 aromatic carbocycles. The number of oxazole rings is 2. The summed E-state index contributed by atoms with van der Waals surface area (Å²) in [6.07, 6.45) is 7.60. The molecule has 5 heterocycles. The highest BCUT2D eigenvalue weighted by Crippen LogP contribution is 2.38. The van der Waals surface area contributed by atoms with Crippen molar-refractivity contribution in [3.05, 3.63) is 87.2 Å². The molecular formula is C23H19N5O5. The van der Waals surface area contributed by atoms with Crippen LogP contribution in [0.2, 0.25) is 0 Å². The molecule has 4 aromatic rings. The molecule has 4 aromatic heterocycles. The van der Waals surface area contributed by atoms with Gasteiger partial charge < -0.3 is 19.3 Å². The summed E-state index contributed by atoms with van der Waals surface area (Å²) in [6, 6.07) is 6.91. The van der Waals surface area contributed by atoms with E-state index < -0.39 is 23.6 Å². The van der Waals surface area contributed by atoms with Crippen LogP contribution in [0, 0.1) is 0 Å². The predicted octanol–water partition coefficient (Wildman–Crippen LogP) is 0.867. The molecule has 5 rings (SSSR count).